The normalized spacial score (nSPS) is 24.2. The molecule has 0 N–H and O–H groups in total. The fraction of sp³-hybridized carbons (Fsp3) is 0.556. The summed E-state index contributed by atoms with van der Waals surface area (Å²) in [6, 6.07) is 10.4. The first-order chi connectivity index (χ1) is 9.70. The Labute approximate surface area is 122 Å². The molecule has 20 heavy (non-hydrogen) atoms. The summed E-state index contributed by atoms with van der Waals surface area (Å²) >= 11 is 0. The lowest BCUT2D eigenvalue weighted by molar-refractivity contribution is -0.0348. The fourth-order valence-electron chi connectivity index (χ4n) is 2.42. The molecule has 0 aliphatic carbocycles. The molecule has 1 aliphatic rings. The molecule has 1 heterocycles. The lowest BCUT2D eigenvalue weighted by Gasteiger charge is -2.15. The molecule has 2 nitrogen and oxygen atoms in total. The number of benzene rings is 1. The Balaban J connectivity index is 2.10. The zero-order valence-electron chi connectivity index (χ0n) is 12.8. The van der Waals surface area contributed by atoms with Gasteiger partial charge in [-0.3, -0.25) is 0 Å². The number of hydrogen-bond acceptors (Lipinski definition) is 2. The van der Waals surface area contributed by atoms with E-state index in [0.29, 0.717) is 0 Å². The molecular formula is C18H26O2. The Morgan fingerprint density at radius 1 is 1.05 bits per heavy atom. The van der Waals surface area contributed by atoms with E-state index in [1.54, 1.807) is 0 Å². The highest BCUT2D eigenvalue weighted by Gasteiger charge is 2.31. The van der Waals surface area contributed by atoms with Gasteiger partial charge in [0.25, 0.3) is 0 Å². The predicted octanol–water partition coefficient (Wildman–Crippen LogP) is 4.80. The molecule has 0 radical (unpaired) electrons. The standard InChI is InChI=1S/C18H26O2/c1-4-5-7-12-17(13-16-10-8-6-9-11-16)18-19-14(2)15(3)20-18/h6,8-11,13-15,18H,4-5,7,12H2,1-3H3/b17-13-/t14-,15-/m0/s1. The van der Waals surface area contributed by atoms with E-state index >= 15 is 0 Å². The van der Waals surface area contributed by atoms with Gasteiger partial charge in [-0.15, -0.1) is 0 Å². The second kappa shape index (κ2) is 7.61. The lowest BCUT2D eigenvalue weighted by Crippen LogP contribution is -2.13. The van der Waals surface area contributed by atoms with Crippen LogP contribution in [0.15, 0.2) is 35.9 Å². The molecule has 1 fully saturated rings. The van der Waals surface area contributed by atoms with Crippen molar-refractivity contribution in [2.24, 2.45) is 0 Å². The zero-order chi connectivity index (χ0) is 14.4. The van der Waals surface area contributed by atoms with Crippen LogP contribution in [0.2, 0.25) is 0 Å². The van der Waals surface area contributed by atoms with E-state index in [-0.39, 0.29) is 18.5 Å². The van der Waals surface area contributed by atoms with E-state index in [1.807, 2.05) is 6.07 Å². The Hall–Kier alpha value is -1.12. The second-order valence-electron chi connectivity index (χ2n) is 5.60. The monoisotopic (exact) mass is 274 g/mol. The van der Waals surface area contributed by atoms with Gasteiger partial charge in [-0.25, -0.2) is 0 Å². The maximum atomic E-state index is 5.95. The summed E-state index contributed by atoms with van der Waals surface area (Å²) in [5, 5.41) is 0. The molecule has 0 amide bonds. The van der Waals surface area contributed by atoms with Crippen LogP contribution >= 0.6 is 0 Å². The van der Waals surface area contributed by atoms with Crippen molar-refractivity contribution in [2.75, 3.05) is 0 Å². The van der Waals surface area contributed by atoms with E-state index in [0.717, 1.165) is 6.42 Å². The van der Waals surface area contributed by atoms with Crippen LogP contribution in [0.3, 0.4) is 0 Å². The molecular weight excluding hydrogens is 248 g/mol. The quantitative estimate of drug-likeness (QED) is 0.694. The van der Waals surface area contributed by atoms with Crippen molar-refractivity contribution < 1.29 is 9.47 Å². The minimum atomic E-state index is -0.169. The van der Waals surface area contributed by atoms with E-state index < -0.39 is 0 Å². The smallest absolute Gasteiger partial charge is 0.180 e. The van der Waals surface area contributed by atoms with Crippen molar-refractivity contribution in [2.45, 2.75) is 65.0 Å². The zero-order valence-corrected chi connectivity index (χ0v) is 12.8. The second-order valence-corrected chi connectivity index (χ2v) is 5.60. The van der Waals surface area contributed by atoms with Crippen molar-refractivity contribution in [3.63, 3.8) is 0 Å². The van der Waals surface area contributed by atoms with Crippen LogP contribution in [-0.4, -0.2) is 18.5 Å². The first kappa shape index (κ1) is 15.3. The molecule has 0 aromatic heterocycles. The molecule has 1 saturated heterocycles. The van der Waals surface area contributed by atoms with Gasteiger partial charge in [0.05, 0.1) is 12.2 Å². The van der Waals surface area contributed by atoms with Gasteiger partial charge in [-0.05, 0) is 37.8 Å². The first-order valence-electron chi connectivity index (χ1n) is 7.77. The lowest BCUT2D eigenvalue weighted by atomic mass is 10.0. The molecule has 1 aromatic carbocycles. The summed E-state index contributed by atoms with van der Waals surface area (Å²) in [6.45, 7) is 6.39. The average Bonchev–Trinajstić information content (AvgIpc) is 2.79. The van der Waals surface area contributed by atoms with Crippen molar-refractivity contribution in [1.82, 2.24) is 0 Å². The Morgan fingerprint density at radius 2 is 1.70 bits per heavy atom. The van der Waals surface area contributed by atoms with Gasteiger partial charge in [0.15, 0.2) is 6.29 Å². The highest BCUT2D eigenvalue weighted by atomic mass is 16.7. The third-order valence-corrected chi connectivity index (χ3v) is 3.86. The van der Waals surface area contributed by atoms with Gasteiger partial charge < -0.3 is 9.47 Å². The maximum Gasteiger partial charge on any atom is 0.180 e. The minimum absolute atomic E-state index is 0.169. The highest BCUT2D eigenvalue weighted by Crippen LogP contribution is 2.28. The maximum absolute atomic E-state index is 5.95. The third-order valence-electron chi connectivity index (χ3n) is 3.86. The van der Waals surface area contributed by atoms with E-state index in [9.17, 15) is 0 Å². The van der Waals surface area contributed by atoms with Crippen LogP contribution in [0.1, 0.15) is 52.0 Å². The molecule has 0 unspecified atom stereocenters. The van der Waals surface area contributed by atoms with Gasteiger partial charge in [-0.1, -0.05) is 56.2 Å². The summed E-state index contributed by atoms with van der Waals surface area (Å²) < 4.78 is 11.9. The summed E-state index contributed by atoms with van der Waals surface area (Å²) in [5.74, 6) is 0. The van der Waals surface area contributed by atoms with Crippen LogP contribution in [-0.2, 0) is 9.47 Å². The van der Waals surface area contributed by atoms with Gasteiger partial charge in [-0.2, -0.15) is 0 Å². The highest BCUT2D eigenvalue weighted by molar-refractivity contribution is 5.53. The third kappa shape index (κ3) is 4.19. The Morgan fingerprint density at radius 3 is 2.30 bits per heavy atom. The SMILES string of the molecule is CCCCC/C(=C/c1ccccc1)C1O[C@@H](C)[C@H](C)O1. The number of ether oxygens (including phenoxy) is 2. The molecule has 2 rings (SSSR count). The van der Waals surface area contributed by atoms with Crippen LogP contribution in [0.25, 0.3) is 6.08 Å². The van der Waals surface area contributed by atoms with Crippen molar-refractivity contribution in [3.8, 4) is 0 Å². The molecule has 0 saturated carbocycles. The van der Waals surface area contributed by atoms with Crippen LogP contribution < -0.4 is 0 Å². The minimum Gasteiger partial charge on any atom is -0.343 e. The molecule has 1 aliphatic heterocycles. The summed E-state index contributed by atoms with van der Waals surface area (Å²) in [5.41, 5.74) is 2.49. The van der Waals surface area contributed by atoms with Gasteiger partial charge >= 0.3 is 0 Å². The van der Waals surface area contributed by atoms with Gasteiger partial charge in [0.1, 0.15) is 0 Å². The predicted molar refractivity (Wildman–Crippen MR) is 83.4 cm³/mol. The van der Waals surface area contributed by atoms with Crippen LogP contribution in [0.5, 0.6) is 0 Å². The van der Waals surface area contributed by atoms with Crippen molar-refractivity contribution >= 4 is 6.08 Å². The Kier molecular flexibility index (Phi) is 5.81. The van der Waals surface area contributed by atoms with Crippen molar-refractivity contribution in [3.05, 3.63) is 41.5 Å². The number of hydrogen-bond donors (Lipinski definition) is 0. The molecule has 1 aromatic rings. The molecule has 0 bridgehead atoms. The molecule has 2 heteroatoms. The fourth-order valence-corrected chi connectivity index (χ4v) is 2.42. The topological polar surface area (TPSA) is 18.5 Å². The first-order valence-corrected chi connectivity index (χ1v) is 7.77. The van der Waals surface area contributed by atoms with E-state index in [4.69, 9.17) is 9.47 Å². The average molecular weight is 274 g/mol. The van der Waals surface area contributed by atoms with Crippen molar-refractivity contribution in [1.29, 1.82) is 0 Å². The summed E-state index contributed by atoms with van der Waals surface area (Å²) in [4.78, 5) is 0. The largest absolute Gasteiger partial charge is 0.343 e. The summed E-state index contributed by atoms with van der Waals surface area (Å²) in [6.07, 6.45) is 7.13. The van der Waals surface area contributed by atoms with Gasteiger partial charge in [0.2, 0.25) is 0 Å². The molecule has 0 spiro atoms. The Bertz CT molecular complexity index is 414. The number of unbranched alkanes of at least 4 members (excludes halogenated alkanes) is 2. The van der Waals surface area contributed by atoms with Gasteiger partial charge in [0, 0.05) is 0 Å². The molecule has 110 valence electrons. The molecule has 2 atom stereocenters. The number of rotatable bonds is 6. The van der Waals surface area contributed by atoms with Crippen LogP contribution in [0, 0.1) is 0 Å². The summed E-state index contributed by atoms with van der Waals surface area (Å²) in [7, 11) is 0. The van der Waals surface area contributed by atoms with Crippen LogP contribution in [0.4, 0.5) is 0 Å². The van der Waals surface area contributed by atoms with E-state index in [2.05, 4.69) is 51.1 Å². The van der Waals surface area contributed by atoms with E-state index in [1.165, 1.54) is 30.4 Å².